The van der Waals surface area contributed by atoms with Crippen LogP contribution in [0.1, 0.15) is 12.8 Å². The number of esters is 2. The second-order valence-electron chi connectivity index (χ2n) is 3.47. The molecule has 0 amide bonds. The summed E-state index contributed by atoms with van der Waals surface area (Å²) in [6, 6.07) is 1.69. The molecule has 9 heteroatoms. The van der Waals surface area contributed by atoms with Crippen LogP contribution in [0.25, 0.3) is 0 Å². The van der Waals surface area contributed by atoms with Crippen LogP contribution < -0.4 is 0 Å². The van der Waals surface area contributed by atoms with Gasteiger partial charge in [-0.2, -0.15) is 5.26 Å². The Morgan fingerprint density at radius 1 is 1.16 bits per heavy atom. The Morgan fingerprint density at radius 3 is 2.00 bits per heavy atom. The SMILES string of the molecule is COC(=O)CC(CC#N)(C(=O)OC)P(=O)(OC)OC. The first-order valence-corrected chi connectivity index (χ1v) is 6.65. The molecule has 0 heterocycles. The van der Waals surface area contributed by atoms with Gasteiger partial charge < -0.3 is 18.5 Å². The van der Waals surface area contributed by atoms with Crippen LogP contribution in [-0.4, -0.2) is 45.5 Å². The largest absolute Gasteiger partial charge is 0.469 e. The number of carbonyl (C=O) groups is 2. The highest BCUT2D eigenvalue weighted by Gasteiger charge is 2.59. The molecule has 0 aliphatic rings. The monoisotopic (exact) mass is 293 g/mol. The number of carbonyl (C=O) groups excluding carboxylic acids is 2. The Hall–Kier alpha value is -1.42. The van der Waals surface area contributed by atoms with E-state index >= 15 is 0 Å². The molecule has 0 N–H and O–H groups in total. The molecule has 1 atom stereocenters. The van der Waals surface area contributed by atoms with Crippen LogP contribution in [0.15, 0.2) is 0 Å². The van der Waals surface area contributed by atoms with Gasteiger partial charge in [-0.3, -0.25) is 14.2 Å². The minimum atomic E-state index is -4.08. The summed E-state index contributed by atoms with van der Waals surface area (Å²) in [5.74, 6) is -1.87. The summed E-state index contributed by atoms with van der Waals surface area (Å²) in [5.41, 5.74) is 0. The van der Waals surface area contributed by atoms with Gasteiger partial charge in [0.1, 0.15) is 0 Å². The van der Waals surface area contributed by atoms with E-state index in [1.807, 2.05) is 0 Å². The molecule has 0 bridgehead atoms. The number of nitriles is 1. The van der Waals surface area contributed by atoms with Crippen LogP contribution >= 0.6 is 7.60 Å². The average Bonchev–Trinajstić information content (AvgIpc) is 2.44. The Balaban J connectivity index is 5.91. The van der Waals surface area contributed by atoms with Crippen molar-refractivity contribution >= 4 is 19.5 Å². The zero-order valence-electron chi connectivity index (χ0n) is 11.2. The lowest BCUT2D eigenvalue weighted by Crippen LogP contribution is -2.42. The quantitative estimate of drug-likeness (QED) is 0.502. The zero-order valence-corrected chi connectivity index (χ0v) is 12.1. The van der Waals surface area contributed by atoms with Gasteiger partial charge in [0.2, 0.25) is 0 Å². The van der Waals surface area contributed by atoms with E-state index in [2.05, 4.69) is 9.47 Å². The van der Waals surface area contributed by atoms with Crippen molar-refractivity contribution in [1.82, 2.24) is 0 Å². The summed E-state index contributed by atoms with van der Waals surface area (Å²) in [5, 5.41) is 6.80. The van der Waals surface area contributed by atoms with E-state index in [0.717, 1.165) is 28.4 Å². The van der Waals surface area contributed by atoms with Crippen LogP contribution in [0.4, 0.5) is 0 Å². The molecule has 0 spiro atoms. The smallest absolute Gasteiger partial charge is 0.349 e. The molecule has 0 radical (unpaired) electrons. The van der Waals surface area contributed by atoms with Gasteiger partial charge in [-0.05, 0) is 0 Å². The first-order chi connectivity index (χ1) is 8.87. The summed E-state index contributed by atoms with van der Waals surface area (Å²) in [6.07, 6.45) is -1.23. The summed E-state index contributed by atoms with van der Waals surface area (Å²) in [7, 11) is 0.170. The van der Waals surface area contributed by atoms with Crippen molar-refractivity contribution in [3.8, 4) is 6.07 Å². The standard InChI is InChI=1S/C10H16NO7P/c1-15-8(12)7-10(5-6-11,9(13)16-2)19(14,17-3)18-4/h5,7H2,1-4H3. The molecular weight excluding hydrogens is 277 g/mol. The maximum Gasteiger partial charge on any atom is 0.349 e. The molecule has 0 fully saturated rings. The Kier molecular flexibility index (Phi) is 6.70. The van der Waals surface area contributed by atoms with E-state index in [1.165, 1.54) is 0 Å². The predicted molar refractivity (Wildman–Crippen MR) is 63.2 cm³/mol. The second-order valence-corrected chi connectivity index (χ2v) is 6.05. The van der Waals surface area contributed by atoms with Crippen molar-refractivity contribution in [1.29, 1.82) is 5.26 Å². The minimum Gasteiger partial charge on any atom is -0.469 e. The Morgan fingerprint density at radius 2 is 1.68 bits per heavy atom. The number of rotatable bonds is 7. The molecule has 0 aromatic rings. The van der Waals surface area contributed by atoms with Gasteiger partial charge in [0.05, 0.1) is 33.1 Å². The molecule has 0 aromatic carbocycles. The fourth-order valence-electron chi connectivity index (χ4n) is 1.57. The van der Waals surface area contributed by atoms with Crippen molar-refractivity contribution in [2.75, 3.05) is 28.4 Å². The summed E-state index contributed by atoms with van der Waals surface area (Å²) in [6.45, 7) is 0. The van der Waals surface area contributed by atoms with Gasteiger partial charge in [0.25, 0.3) is 0 Å². The highest BCUT2D eigenvalue weighted by Crippen LogP contribution is 2.62. The van der Waals surface area contributed by atoms with Gasteiger partial charge in [-0.1, -0.05) is 0 Å². The summed E-state index contributed by atoms with van der Waals surface area (Å²) < 4.78 is 31.0. The molecule has 108 valence electrons. The summed E-state index contributed by atoms with van der Waals surface area (Å²) in [4.78, 5) is 23.4. The van der Waals surface area contributed by atoms with Crippen molar-refractivity contribution in [3.05, 3.63) is 0 Å². The molecule has 0 saturated heterocycles. The number of methoxy groups -OCH3 is 2. The second kappa shape index (κ2) is 7.24. The maximum absolute atomic E-state index is 12.5. The fourth-order valence-corrected chi connectivity index (χ4v) is 3.32. The van der Waals surface area contributed by atoms with E-state index in [1.54, 1.807) is 6.07 Å². The third-order valence-electron chi connectivity index (χ3n) is 2.61. The van der Waals surface area contributed by atoms with Gasteiger partial charge in [0, 0.05) is 14.2 Å². The van der Waals surface area contributed by atoms with E-state index in [4.69, 9.17) is 14.3 Å². The highest BCUT2D eigenvalue weighted by atomic mass is 31.2. The molecular formula is C10H16NO7P. The fraction of sp³-hybridized carbons (Fsp3) is 0.700. The molecule has 8 nitrogen and oxygen atoms in total. The third kappa shape index (κ3) is 3.32. The molecule has 19 heavy (non-hydrogen) atoms. The molecule has 0 rings (SSSR count). The van der Waals surface area contributed by atoms with Gasteiger partial charge in [-0.15, -0.1) is 0 Å². The van der Waals surface area contributed by atoms with Crippen LogP contribution in [-0.2, 0) is 32.7 Å². The number of hydrogen-bond acceptors (Lipinski definition) is 8. The topological polar surface area (TPSA) is 112 Å². The predicted octanol–water partition coefficient (Wildman–Crippen LogP) is 0.861. The summed E-state index contributed by atoms with van der Waals surface area (Å²) >= 11 is 0. The van der Waals surface area contributed by atoms with Crippen LogP contribution in [0.3, 0.4) is 0 Å². The van der Waals surface area contributed by atoms with Crippen molar-refractivity contribution in [2.24, 2.45) is 0 Å². The van der Waals surface area contributed by atoms with Crippen LogP contribution in [0.2, 0.25) is 0 Å². The lowest BCUT2D eigenvalue weighted by Gasteiger charge is -2.32. The first kappa shape index (κ1) is 17.6. The van der Waals surface area contributed by atoms with E-state index in [-0.39, 0.29) is 0 Å². The molecule has 0 aliphatic carbocycles. The van der Waals surface area contributed by atoms with E-state index < -0.39 is 37.5 Å². The minimum absolute atomic E-state index is 0.576. The number of nitrogens with zero attached hydrogens (tertiary/aromatic N) is 1. The number of ether oxygens (including phenoxy) is 2. The first-order valence-electron chi connectivity index (χ1n) is 5.11. The van der Waals surface area contributed by atoms with Crippen molar-refractivity contribution < 1.29 is 32.7 Å². The van der Waals surface area contributed by atoms with E-state index in [0.29, 0.717) is 0 Å². The zero-order chi connectivity index (χ0) is 15.1. The molecule has 0 saturated carbocycles. The lowest BCUT2D eigenvalue weighted by molar-refractivity contribution is -0.151. The Bertz CT molecular complexity index is 422. The van der Waals surface area contributed by atoms with Crippen molar-refractivity contribution in [3.63, 3.8) is 0 Å². The molecule has 0 aliphatic heterocycles. The van der Waals surface area contributed by atoms with E-state index in [9.17, 15) is 14.2 Å². The van der Waals surface area contributed by atoms with Crippen LogP contribution in [0, 0.1) is 11.3 Å². The van der Waals surface area contributed by atoms with Gasteiger partial charge in [-0.25, -0.2) is 0 Å². The highest BCUT2D eigenvalue weighted by molar-refractivity contribution is 7.56. The van der Waals surface area contributed by atoms with Gasteiger partial charge >= 0.3 is 19.5 Å². The van der Waals surface area contributed by atoms with Crippen LogP contribution in [0.5, 0.6) is 0 Å². The molecule has 1 unspecified atom stereocenters. The molecule has 0 aromatic heterocycles. The van der Waals surface area contributed by atoms with Gasteiger partial charge in [0.15, 0.2) is 5.16 Å². The third-order valence-corrected chi connectivity index (χ3v) is 5.11. The Labute approximate surface area is 111 Å². The van der Waals surface area contributed by atoms with Crippen molar-refractivity contribution in [2.45, 2.75) is 18.0 Å². The maximum atomic E-state index is 12.5. The normalized spacial score (nSPS) is 14.1. The number of hydrogen-bond donors (Lipinski definition) is 0. The lowest BCUT2D eigenvalue weighted by atomic mass is 10.0. The average molecular weight is 293 g/mol.